The Morgan fingerprint density at radius 2 is 0.540 bits per heavy atom. The SMILES string of the molecule is CCCCOc1ccc([Si](O[Si](c2ccc(OCCCC)c(C(C)(C)C)c2)c2ccc(OCCCC)c(C(C)(C)C)c2)c2ccc(OCCCC)c(C(C)(C)C)c2)cc1C(C)(C)C. The molecule has 4 aromatic rings. The standard InChI is InChI=1S/C56H84O5Si2/c1-17-21-33-57-49-29-25-41(37-45(49)53(5,6)7)62(42-26-30-50(58-34-22-18-2)46(38-42)54(8,9)10)61-63(43-27-31-51(59-35-23-19-3)47(39-43)55(11,12)13)44-28-32-52(60-36-24-20-4)48(40-44)56(14,15)16/h25-32,37-40H,17-24,33-36H2,1-16H3. The summed E-state index contributed by atoms with van der Waals surface area (Å²) in [6.45, 7) is 39.1. The summed E-state index contributed by atoms with van der Waals surface area (Å²) in [6, 6.07) is 27.5. The summed E-state index contributed by atoms with van der Waals surface area (Å²) in [7, 11) is -3.83. The Hall–Kier alpha value is -3.53. The fraction of sp³-hybridized carbons (Fsp3) is 0.571. The highest BCUT2D eigenvalue weighted by Gasteiger charge is 2.34. The zero-order chi connectivity index (χ0) is 46.6. The molecule has 0 amide bonds. The molecule has 0 spiro atoms. The van der Waals surface area contributed by atoms with Crippen LogP contribution in [0, 0.1) is 0 Å². The van der Waals surface area contributed by atoms with Gasteiger partial charge in [0, 0.05) is 0 Å². The van der Waals surface area contributed by atoms with Gasteiger partial charge in [0.15, 0.2) is 0 Å². The Morgan fingerprint density at radius 1 is 0.333 bits per heavy atom. The second kappa shape index (κ2) is 23.1. The molecule has 0 aromatic heterocycles. The minimum absolute atomic E-state index is 0.143. The topological polar surface area (TPSA) is 46.2 Å². The Bertz CT molecular complexity index is 1740. The predicted octanol–water partition coefficient (Wildman–Crippen LogP) is 12.5. The number of hydrogen-bond acceptors (Lipinski definition) is 5. The first kappa shape index (κ1) is 52.1. The normalized spacial score (nSPS) is 12.6. The van der Waals surface area contributed by atoms with Gasteiger partial charge < -0.3 is 23.1 Å². The maximum atomic E-state index is 8.06. The zero-order valence-corrected chi connectivity index (χ0v) is 44.5. The molecule has 0 aliphatic carbocycles. The lowest BCUT2D eigenvalue weighted by molar-refractivity contribution is 0.301. The quantitative estimate of drug-likeness (QED) is 0.0581. The van der Waals surface area contributed by atoms with E-state index in [0.29, 0.717) is 26.4 Å². The molecular weight excluding hydrogens is 809 g/mol. The van der Waals surface area contributed by atoms with Crippen molar-refractivity contribution in [1.82, 2.24) is 0 Å². The van der Waals surface area contributed by atoms with Crippen molar-refractivity contribution in [3.63, 3.8) is 0 Å². The van der Waals surface area contributed by atoms with Gasteiger partial charge in [0.25, 0.3) is 18.1 Å². The lowest BCUT2D eigenvalue weighted by atomic mass is 9.86. The van der Waals surface area contributed by atoms with Crippen molar-refractivity contribution in [3.05, 3.63) is 95.1 Å². The van der Waals surface area contributed by atoms with E-state index < -0.39 is 18.1 Å². The maximum Gasteiger partial charge on any atom is 0.272 e. The smallest absolute Gasteiger partial charge is 0.272 e. The van der Waals surface area contributed by atoms with E-state index in [1.165, 1.54) is 43.0 Å². The Kier molecular flexibility index (Phi) is 19.1. The van der Waals surface area contributed by atoms with Crippen molar-refractivity contribution in [3.8, 4) is 23.0 Å². The highest BCUT2D eigenvalue weighted by Crippen LogP contribution is 2.35. The number of unbranched alkanes of at least 4 members (excludes halogenated alkanes) is 4. The minimum Gasteiger partial charge on any atom is -0.493 e. The number of benzene rings is 4. The molecule has 2 radical (unpaired) electrons. The molecule has 346 valence electrons. The van der Waals surface area contributed by atoms with E-state index in [1.54, 1.807) is 0 Å². The number of rotatable bonds is 22. The van der Waals surface area contributed by atoms with E-state index >= 15 is 0 Å². The summed E-state index contributed by atoms with van der Waals surface area (Å²) in [5, 5.41) is 4.84. The van der Waals surface area contributed by atoms with E-state index in [1.807, 2.05) is 0 Å². The molecule has 0 N–H and O–H groups in total. The van der Waals surface area contributed by atoms with Crippen LogP contribution in [0.4, 0.5) is 0 Å². The van der Waals surface area contributed by atoms with Gasteiger partial charge >= 0.3 is 0 Å². The molecule has 7 heteroatoms. The fourth-order valence-corrected chi connectivity index (χ4v) is 12.9. The van der Waals surface area contributed by atoms with E-state index in [-0.39, 0.29) is 21.7 Å². The molecule has 0 aliphatic heterocycles. The summed E-state index contributed by atoms with van der Waals surface area (Å²) in [5.74, 6) is 3.85. The predicted molar refractivity (Wildman–Crippen MR) is 273 cm³/mol. The average molecular weight is 893 g/mol. The van der Waals surface area contributed by atoms with Crippen LogP contribution < -0.4 is 39.7 Å². The molecule has 4 rings (SSSR count). The molecule has 4 aromatic carbocycles. The highest BCUT2D eigenvalue weighted by molar-refractivity contribution is 6.91. The zero-order valence-electron chi connectivity index (χ0n) is 42.5. The average Bonchev–Trinajstić information content (AvgIpc) is 3.21. The third-order valence-electron chi connectivity index (χ3n) is 11.4. The van der Waals surface area contributed by atoms with Crippen LogP contribution in [0.3, 0.4) is 0 Å². The highest BCUT2D eigenvalue weighted by atomic mass is 28.4. The molecule has 0 saturated carbocycles. The van der Waals surface area contributed by atoms with Gasteiger partial charge in [0.2, 0.25) is 0 Å². The third kappa shape index (κ3) is 14.7. The van der Waals surface area contributed by atoms with Gasteiger partial charge in [0.05, 0.1) is 26.4 Å². The minimum atomic E-state index is -1.92. The van der Waals surface area contributed by atoms with E-state index in [0.717, 1.165) is 74.4 Å². The molecule has 0 aliphatic rings. The van der Waals surface area contributed by atoms with Crippen molar-refractivity contribution in [2.45, 2.75) is 184 Å². The van der Waals surface area contributed by atoms with Crippen LogP contribution >= 0.6 is 0 Å². The lowest BCUT2D eigenvalue weighted by Gasteiger charge is -2.30. The van der Waals surface area contributed by atoms with Crippen LogP contribution in [0.5, 0.6) is 23.0 Å². The largest absolute Gasteiger partial charge is 0.493 e. The second-order valence-corrected chi connectivity index (χ2v) is 25.9. The summed E-state index contributed by atoms with van der Waals surface area (Å²) in [6.07, 6.45) is 8.46. The third-order valence-corrected chi connectivity index (χ3v) is 16.4. The second-order valence-electron chi connectivity index (χ2n) is 21.4. The van der Waals surface area contributed by atoms with Crippen molar-refractivity contribution in [2.24, 2.45) is 0 Å². The summed E-state index contributed by atoms with van der Waals surface area (Å²) in [5.41, 5.74) is 4.26. The first-order chi connectivity index (χ1) is 29.6. The molecule has 0 saturated heterocycles. The van der Waals surface area contributed by atoms with Gasteiger partial charge in [-0.25, -0.2) is 0 Å². The van der Waals surface area contributed by atoms with Gasteiger partial charge in [-0.1, -0.05) is 185 Å². The van der Waals surface area contributed by atoms with Crippen molar-refractivity contribution in [1.29, 1.82) is 0 Å². The van der Waals surface area contributed by atoms with Crippen LogP contribution in [0.15, 0.2) is 72.8 Å². The van der Waals surface area contributed by atoms with Crippen LogP contribution in [0.1, 0.15) is 184 Å². The monoisotopic (exact) mass is 893 g/mol. The van der Waals surface area contributed by atoms with Gasteiger partial charge in [-0.15, -0.1) is 0 Å². The van der Waals surface area contributed by atoms with Crippen LogP contribution in [0.2, 0.25) is 0 Å². The van der Waals surface area contributed by atoms with Gasteiger partial charge in [0.1, 0.15) is 23.0 Å². The van der Waals surface area contributed by atoms with Crippen molar-refractivity contribution < 1.29 is 23.1 Å². The molecule has 5 nitrogen and oxygen atoms in total. The van der Waals surface area contributed by atoms with E-state index in [4.69, 9.17) is 23.1 Å². The molecule has 0 atom stereocenters. The summed E-state index contributed by atoms with van der Waals surface area (Å²) < 4.78 is 34.1. The summed E-state index contributed by atoms with van der Waals surface area (Å²) >= 11 is 0. The van der Waals surface area contributed by atoms with E-state index in [9.17, 15) is 0 Å². The van der Waals surface area contributed by atoms with Crippen molar-refractivity contribution in [2.75, 3.05) is 26.4 Å². The first-order valence-electron chi connectivity index (χ1n) is 24.2. The van der Waals surface area contributed by atoms with Gasteiger partial charge in [-0.05, 0) is 115 Å². The Balaban J connectivity index is 2.08. The number of hydrogen-bond donors (Lipinski definition) is 0. The molecule has 63 heavy (non-hydrogen) atoms. The van der Waals surface area contributed by atoms with E-state index in [2.05, 4.69) is 184 Å². The van der Waals surface area contributed by atoms with Crippen molar-refractivity contribution >= 4 is 38.8 Å². The first-order valence-corrected chi connectivity index (χ1v) is 27.0. The Morgan fingerprint density at radius 3 is 0.714 bits per heavy atom. The molecule has 0 fully saturated rings. The van der Waals surface area contributed by atoms with Gasteiger partial charge in [-0.3, -0.25) is 0 Å². The van der Waals surface area contributed by atoms with Crippen LogP contribution in [-0.2, 0) is 25.8 Å². The molecule has 0 unspecified atom stereocenters. The lowest BCUT2D eigenvalue weighted by Crippen LogP contribution is -2.56. The molecular formula is C56H84O5Si2. The van der Waals surface area contributed by atoms with Crippen LogP contribution in [-0.4, -0.2) is 44.5 Å². The van der Waals surface area contributed by atoms with Gasteiger partial charge in [-0.2, -0.15) is 0 Å². The van der Waals surface area contributed by atoms with Crippen LogP contribution in [0.25, 0.3) is 0 Å². The fourth-order valence-electron chi connectivity index (χ4n) is 7.51. The number of ether oxygens (including phenoxy) is 4. The maximum absolute atomic E-state index is 8.06. The summed E-state index contributed by atoms with van der Waals surface area (Å²) in [4.78, 5) is 0. The molecule has 0 bridgehead atoms. The molecule has 0 heterocycles. The Labute approximate surface area is 388 Å².